The summed E-state index contributed by atoms with van der Waals surface area (Å²) in [6.45, 7) is 10.8. The first-order valence-corrected chi connectivity index (χ1v) is 7.82. The van der Waals surface area contributed by atoms with E-state index in [4.69, 9.17) is 0 Å². The van der Waals surface area contributed by atoms with Crippen LogP contribution in [-0.2, 0) is 0 Å². The molecule has 0 aromatic rings. The predicted octanol–water partition coefficient (Wildman–Crippen LogP) is 1.79. The van der Waals surface area contributed by atoms with Gasteiger partial charge in [0.1, 0.15) is 0 Å². The van der Waals surface area contributed by atoms with E-state index in [2.05, 4.69) is 36.0 Å². The van der Waals surface area contributed by atoms with E-state index >= 15 is 0 Å². The standard InChI is InChI=1S/C15H31N3/c1-13-11-18(12-14(2)17(13)3)9-8-16-10-15-6-4-5-7-15/h13-16H,4-12H2,1-3H3. The Morgan fingerprint density at radius 3 is 2.28 bits per heavy atom. The van der Waals surface area contributed by atoms with Crippen molar-refractivity contribution in [1.29, 1.82) is 0 Å². The minimum atomic E-state index is 0.698. The Morgan fingerprint density at radius 2 is 1.67 bits per heavy atom. The van der Waals surface area contributed by atoms with Gasteiger partial charge in [-0.15, -0.1) is 0 Å². The van der Waals surface area contributed by atoms with E-state index in [1.54, 1.807) is 0 Å². The molecule has 2 atom stereocenters. The molecule has 0 aromatic heterocycles. The molecule has 1 N–H and O–H groups in total. The molecule has 0 aromatic carbocycles. The lowest BCUT2D eigenvalue weighted by Crippen LogP contribution is -2.55. The zero-order valence-corrected chi connectivity index (χ0v) is 12.5. The SMILES string of the molecule is CC1CN(CCNCC2CCCC2)CC(C)N1C. The Kier molecular flexibility index (Phi) is 5.46. The van der Waals surface area contributed by atoms with E-state index in [-0.39, 0.29) is 0 Å². The Hall–Kier alpha value is -0.120. The Bertz CT molecular complexity index is 226. The summed E-state index contributed by atoms with van der Waals surface area (Å²) >= 11 is 0. The Balaban J connectivity index is 1.58. The maximum atomic E-state index is 3.66. The molecule has 0 spiro atoms. The number of nitrogens with zero attached hydrogens (tertiary/aromatic N) is 2. The second-order valence-electron chi connectivity index (χ2n) is 6.48. The van der Waals surface area contributed by atoms with Crippen molar-refractivity contribution >= 4 is 0 Å². The minimum absolute atomic E-state index is 0.698. The fourth-order valence-electron chi connectivity index (χ4n) is 3.45. The third kappa shape index (κ3) is 3.94. The van der Waals surface area contributed by atoms with Gasteiger partial charge < -0.3 is 5.32 Å². The normalized spacial score (nSPS) is 32.2. The molecule has 2 fully saturated rings. The summed E-state index contributed by atoms with van der Waals surface area (Å²) in [5.74, 6) is 0.968. The lowest BCUT2D eigenvalue weighted by Gasteiger charge is -2.42. The maximum Gasteiger partial charge on any atom is 0.0195 e. The minimum Gasteiger partial charge on any atom is -0.315 e. The van der Waals surface area contributed by atoms with Crippen molar-refractivity contribution in [3.05, 3.63) is 0 Å². The average Bonchev–Trinajstić information content (AvgIpc) is 2.84. The molecule has 2 aliphatic rings. The first-order chi connectivity index (χ1) is 8.66. The number of likely N-dealkylation sites (N-methyl/N-ethyl adjacent to an activating group) is 1. The molecular formula is C15H31N3. The summed E-state index contributed by atoms with van der Waals surface area (Å²) in [5.41, 5.74) is 0. The number of rotatable bonds is 5. The molecule has 0 amide bonds. The van der Waals surface area contributed by atoms with Gasteiger partial charge in [-0.1, -0.05) is 12.8 Å². The number of piperazine rings is 1. The third-order valence-electron chi connectivity index (χ3n) is 4.95. The summed E-state index contributed by atoms with van der Waals surface area (Å²) in [4.78, 5) is 5.12. The summed E-state index contributed by atoms with van der Waals surface area (Å²) in [6.07, 6.45) is 5.82. The van der Waals surface area contributed by atoms with Crippen molar-refractivity contribution < 1.29 is 0 Å². The average molecular weight is 253 g/mol. The summed E-state index contributed by atoms with van der Waals surface area (Å²) < 4.78 is 0. The predicted molar refractivity (Wildman–Crippen MR) is 78.0 cm³/mol. The zero-order valence-electron chi connectivity index (χ0n) is 12.5. The fourth-order valence-corrected chi connectivity index (χ4v) is 3.45. The van der Waals surface area contributed by atoms with E-state index in [0.717, 1.165) is 5.92 Å². The van der Waals surface area contributed by atoms with Crippen molar-refractivity contribution in [2.45, 2.75) is 51.6 Å². The van der Waals surface area contributed by atoms with E-state index in [0.29, 0.717) is 12.1 Å². The van der Waals surface area contributed by atoms with Crippen LogP contribution in [-0.4, -0.2) is 61.7 Å². The van der Waals surface area contributed by atoms with Gasteiger partial charge in [-0.25, -0.2) is 0 Å². The first kappa shape index (κ1) is 14.3. The van der Waals surface area contributed by atoms with E-state index < -0.39 is 0 Å². The third-order valence-corrected chi connectivity index (χ3v) is 4.95. The van der Waals surface area contributed by atoms with Gasteiger partial charge in [-0.3, -0.25) is 9.80 Å². The molecule has 3 nitrogen and oxygen atoms in total. The van der Waals surface area contributed by atoms with Crippen LogP contribution in [0.3, 0.4) is 0 Å². The lowest BCUT2D eigenvalue weighted by atomic mass is 10.1. The quantitative estimate of drug-likeness (QED) is 0.754. The Labute approximate surface area is 113 Å². The van der Waals surface area contributed by atoms with Crippen LogP contribution < -0.4 is 5.32 Å². The molecule has 1 heterocycles. The van der Waals surface area contributed by atoms with Crippen LogP contribution in [0.2, 0.25) is 0 Å². The van der Waals surface area contributed by atoms with Gasteiger partial charge in [0, 0.05) is 38.3 Å². The van der Waals surface area contributed by atoms with Gasteiger partial charge in [0.15, 0.2) is 0 Å². The molecule has 3 heteroatoms. The van der Waals surface area contributed by atoms with Crippen molar-refractivity contribution in [1.82, 2.24) is 15.1 Å². The molecule has 1 saturated carbocycles. The van der Waals surface area contributed by atoms with Gasteiger partial charge >= 0.3 is 0 Å². The van der Waals surface area contributed by atoms with Crippen molar-refractivity contribution in [3.63, 3.8) is 0 Å². The molecule has 1 aliphatic heterocycles. The van der Waals surface area contributed by atoms with Crippen LogP contribution >= 0.6 is 0 Å². The van der Waals surface area contributed by atoms with Crippen molar-refractivity contribution in [2.24, 2.45) is 5.92 Å². The number of nitrogens with one attached hydrogen (secondary N) is 1. The molecule has 0 radical (unpaired) electrons. The molecule has 1 saturated heterocycles. The molecule has 1 aliphatic carbocycles. The smallest absolute Gasteiger partial charge is 0.0195 e. The van der Waals surface area contributed by atoms with E-state index in [9.17, 15) is 0 Å². The largest absolute Gasteiger partial charge is 0.315 e. The molecule has 18 heavy (non-hydrogen) atoms. The molecule has 0 bridgehead atoms. The second-order valence-corrected chi connectivity index (χ2v) is 6.48. The van der Waals surface area contributed by atoms with Gasteiger partial charge in [0.05, 0.1) is 0 Å². The molecule has 2 unspecified atom stereocenters. The van der Waals surface area contributed by atoms with Gasteiger partial charge in [-0.2, -0.15) is 0 Å². The summed E-state index contributed by atoms with van der Waals surface area (Å²) in [7, 11) is 2.25. The van der Waals surface area contributed by atoms with Crippen LogP contribution in [0.5, 0.6) is 0 Å². The highest BCUT2D eigenvalue weighted by atomic mass is 15.3. The Morgan fingerprint density at radius 1 is 1.06 bits per heavy atom. The fraction of sp³-hybridized carbons (Fsp3) is 1.00. The van der Waals surface area contributed by atoms with Gasteiger partial charge in [0.25, 0.3) is 0 Å². The van der Waals surface area contributed by atoms with Crippen LogP contribution in [0, 0.1) is 5.92 Å². The topological polar surface area (TPSA) is 18.5 Å². The van der Waals surface area contributed by atoms with Crippen LogP contribution in [0.4, 0.5) is 0 Å². The number of hydrogen-bond acceptors (Lipinski definition) is 3. The zero-order chi connectivity index (χ0) is 13.0. The summed E-state index contributed by atoms with van der Waals surface area (Å²) in [5, 5.41) is 3.66. The van der Waals surface area contributed by atoms with Crippen molar-refractivity contribution in [2.75, 3.05) is 39.8 Å². The molecule has 2 rings (SSSR count). The van der Waals surface area contributed by atoms with Crippen LogP contribution in [0.1, 0.15) is 39.5 Å². The van der Waals surface area contributed by atoms with E-state index in [1.165, 1.54) is 58.4 Å². The highest BCUT2D eigenvalue weighted by Gasteiger charge is 2.25. The maximum absolute atomic E-state index is 3.66. The van der Waals surface area contributed by atoms with E-state index in [1.807, 2.05) is 0 Å². The van der Waals surface area contributed by atoms with Crippen LogP contribution in [0.25, 0.3) is 0 Å². The summed E-state index contributed by atoms with van der Waals surface area (Å²) in [6, 6.07) is 1.40. The number of hydrogen-bond donors (Lipinski definition) is 1. The molecular weight excluding hydrogens is 222 g/mol. The van der Waals surface area contributed by atoms with Crippen molar-refractivity contribution in [3.8, 4) is 0 Å². The highest BCUT2D eigenvalue weighted by Crippen LogP contribution is 2.23. The highest BCUT2D eigenvalue weighted by molar-refractivity contribution is 4.82. The monoisotopic (exact) mass is 253 g/mol. The van der Waals surface area contributed by atoms with Gasteiger partial charge in [0.2, 0.25) is 0 Å². The molecule has 106 valence electrons. The first-order valence-electron chi connectivity index (χ1n) is 7.82. The lowest BCUT2D eigenvalue weighted by molar-refractivity contribution is 0.0606. The van der Waals surface area contributed by atoms with Crippen LogP contribution in [0.15, 0.2) is 0 Å². The second kappa shape index (κ2) is 6.88. The van der Waals surface area contributed by atoms with Gasteiger partial charge in [-0.05, 0) is 46.2 Å².